The van der Waals surface area contributed by atoms with Crippen LogP contribution in [0.5, 0.6) is 0 Å². The number of hydrogen-bond acceptors (Lipinski definition) is 3. The number of hydrazone groups is 1. The summed E-state index contributed by atoms with van der Waals surface area (Å²) in [5, 5.41) is 3.81. The van der Waals surface area contributed by atoms with Gasteiger partial charge in [-0.3, -0.25) is 4.90 Å². The molecule has 0 aromatic carbocycles. The Morgan fingerprint density at radius 2 is 2.40 bits per heavy atom. The van der Waals surface area contributed by atoms with E-state index in [1.165, 1.54) is 31.6 Å². The summed E-state index contributed by atoms with van der Waals surface area (Å²) in [6.07, 6.45) is 3.70. The second-order valence-corrected chi connectivity index (χ2v) is 3.06. The van der Waals surface area contributed by atoms with Gasteiger partial charge in [-0.25, -0.2) is 0 Å². The number of nitrogens with zero attached hydrogens (tertiary/aromatic N) is 2. The first-order chi connectivity index (χ1) is 4.92. The van der Waals surface area contributed by atoms with E-state index in [4.69, 9.17) is 5.84 Å². The molecule has 2 saturated heterocycles. The Morgan fingerprint density at radius 1 is 1.50 bits per heavy atom. The second-order valence-electron chi connectivity index (χ2n) is 3.06. The molecule has 2 heterocycles. The van der Waals surface area contributed by atoms with Crippen molar-refractivity contribution in [3.05, 3.63) is 0 Å². The van der Waals surface area contributed by atoms with E-state index in [0.717, 1.165) is 6.42 Å². The van der Waals surface area contributed by atoms with Crippen LogP contribution in [0, 0.1) is 0 Å². The molecule has 0 spiro atoms. The summed E-state index contributed by atoms with van der Waals surface area (Å²) >= 11 is 0. The highest BCUT2D eigenvalue weighted by Gasteiger charge is 2.33. The van der Waals surface area contributed by atoms with E-state index in [0.29, 0.717) is 6.04 Å². The summed E-state index contributed by atoms with van der Waals surface area (Å²) in [5.41, 5.74) is 1.22. The van der Waals surface area contributed by atoms with Crippen molar-refractivity contribution in [2.24, 2.45) is 10.9 Å². The molecule has 56 valence electrons. The van der Waals surface area contributed by atoms with Crippen LogP contribution in [0.4, 0.5) is 0 Å². The van der Waals surface area contributed by atoms with Gasteiger partial charge in [-0.15, -0.1) is 0 Å². The highest BCUT2D eigenvalue weighted by Crippen LogP contribution is 2.25. The average Bonchev–Trinajstić information content (AvgIpc) is 2.44. The Balaban J connectivity index is 2.15. The van der Waals surface area contributed by atoms with Crippen LogP contribution >= 0.6 is 0 Å². The topological polar surface area (TPSA) is 41.6 Å². The van der Waals surface area contributed by atoms with Gasteiger partial charge in [-0.2, -0.15) is 5.10 Å². The van der Waals surface area contributed by atoms with Crippen LogP contribution in [-0.4, -0.2) is 29.7 Å². The molecule has 0 saturated carbocycles. The minimum absolute atomic E-state index is 0.616. The third-order valence-corrected chi connectivity index (χ3v) is 2.57. The van der Waals surface area contributed by atoms with Gasteiger partial charge in [-0.1, -0.05) is 0 Å². The van der Waals surface area contributed by atoms with Gasteiger partial charge in [0.2, 0.25) is 0 Å². The molecule has 0 amide bonds. The van der Waals surface area contributed by atoms with Gasteiger partial charge in [0.05, 0.1) is 5.71 Å². The smallest absolute Gasteiger partial charge is 0.0560 e. The van der Waals surface area contributed by atoms with Crippen LogP contribution in [0.2, 0.25) is 0 Å². The maximum absolute atomic E-state index is 5.25. The van der Waals surface area contributed by atoms with Crippen molar-refractivity contribution in [1.29, 1.82) is 0 Å². The minimum atomic E-state index is 0.616. The van der Waals surface area contributed by atoms with E-state index in [1.807, 2.05) is 0 Å². The molecule has 0 radical (unpaired) electrons. The molecule has 2 fully saturated rings. The van der Waals surface area contributed by atoms with Gasteiger partial charge < -0.3 is 5.84 Å². The number of fused-ring (bicyclic) bond motifs is 1. The summed E-state index contributed by atoms with van der Waals surface area (Å²) in [4.78, 5) is 2.48. The van der Waals surface area contributed by atoms with Crippen molar-refractivity contribution in [3.63, 3.8) is 0 Å². The van der Waals surface area contributed by atoms with Crippen molar-refractivity contribution in [3.8, 4) is 0 Å². The fourth-order valence-corrected chi connectivity index (χ4v) is 2.05. The summed E-state index contributed by atoms with van der Waals surface area (Å²) in [5.74, 6) is 5.25. The number of nitrogens with two attached hydrogens (primary N) is 1. The first kappa shape index (κ1) is 6.16. The molecular formula is C7H13N3. The highest BCUT2D eigenvalue weighted by atomic mass is 15.2. The molecule has 0 aliphatic carbocycles. The Hall–Kier alpha value is -0.570. The number of rotatable bonds is 0. The van der Waals surface area contributed by atoms with E-state index in [1.54, 1.807) is 0 Å². The van der Waals surface area contributed by atoms with Gasteiger partial charge in [0.15, 0.2) is 0 Å². The Labute approximate surface area is 60.9 Å². The van der Waals surface area contributed by atoms with E-state index in [2.05, 4.69) is 10.0 Å². The van der Waals surface area contributed by atoms with E-state index in [9.17, 15) is 0 Å². The number of hydrogen-bond donors (Lipinski definition) is 1. The van der Waals surface area contributed by atoms with Crippen LogP contribution in [0.3, 0.4) is 0 Å². The van der Waals surface area contributed by atoms with E-state index in [-0.39, 0.29) is 0 Å². The standard InChI is InChI=1S/C7H13N3/c8-9-6-3-5-10-4-1-2-7(6)10/h7H,1-5,8H2. The molecule has 1 unspecified atom stereocenters. The largest absolute Gasteiger partial charge is 0.323 e. The lowest BCUT2D eigenvalue weighted by molar-refractivity contribution is 0.346. The van der Waals surface area contributed by atoms with E-state index < -0.39 is 0 Å². The Morgan fingerprint density at radius 3 is 3.20 bits per heavy atom. The fourth-order valence-electron chi connectivity index (χ4n) is 2.05. The molecule has 2 N–H and O–H groups in total. The molecule has 1 atom stereocenters. The molecule has 0 bridgehead atoms. The zero-order valence-electron chi connectivity index (χ0n) is 6.08. The zero-order valence-corrected chi connectivity index (χ0v) is 6.08. The molecule has 3 nitrogen and oxygen atoms in total. The molecule has 3 heteroatoms. The lowest BCUT2D eigenvalue weighted by atomic mass is 10.1. The predicted molar refractivity (Wildman–Crippen MR) is 40.8 cm³/mol. The van der Waals surface area contributed by atoms with Crippen LogP contribution in [-0.2, 0) is 0 Å². The summed E-state index contributed by atoms with van der Waals surface area (Å²) in [6.45, 7) is 2.43. The Bertz CT molecular complexity index is 164. The summed E-state index contributed by atoms with van der Waals surface area (Å²) < 4.78 is 0. The van der Waals surface area contributed by atoms with Crippen molar-refractivity contribution in [2.45, 2.75) is 25.3 Å². The molecule has 0 aromatic heterocycles. The van der Waals surface area contributed by atoms with Crippen molar-refractivity contribution >= 4 is 5.71 Å². The minimum Gasteiger partial charge on any atom is -0.323 e. The van der Waals surface area contributed by atoms with Gasteiger partial charge in [0, 0.05) is 19.0 Å². The van der Waals surface area contributed by atoms with E-state index >= 15 is 0 Å². The quantitative estimate of drug-likeness (QED) is 0.384. The normalized spacial score (nSPS) is 37.2. The molecule has 2 aliphatic rings. The van der Waals surface area contributed by atoms with Gasteiger partial charge in [0.1, 0.15) is 0 Å². The third-order valence-electron chi connectivity index (χ3n) is 2.57. The Kier molecular flexibility index (Phi) is 1.38. The van der Waals surface area contributed by atoms with Crippen molar-refractivity contribution < 1.29 is 0 Å². The second kappa shape index (κ2) is 2.23. The maximum Gasteiger partial charge on any atom is 0.0560 e. The van der Waals surface area contributed by atoms with Crippen LogP contribution in [0.1, 0.15) is 19.3 Å². The van der Waals surface area contributed by atoms with Crippen LogP contribution in [0.25, 0.3) is 0 Å². The molecule has 2 aliphatic heterocycles. The monoisotopic (exact) mass is 139 g/mol. The van der Waals surface area contributed by atoms with Crippen LogP contribution in [0.15, 0.2) is 5.10 Å². The maximum atomic E-state index is 5.25. The molecule has 10 heavy (non-hydrogen) atoms. The van der Waals surface area contributed by atoms with Crippen molar-refractivity contribution in [2.75, 3.05) is 13.1 Å². The molecular weight excluding hydrogens is 126 g/mol. The SMILES string of the molecule is NN=C1CCN2CCCC12. The summed E-state index contributed by atoms with van der Waals surface area (Å²) in [6, 6.07) is 0.616. The van der Waals surface area contributed by atoms with Crippen molar-refractivity contribution in [1.82, 2.24) is 4.90 Å². The lowest BCUT2D eigenvalue weighted by Gasteiger charge is -2.12. The first-order valence-corrected chi connectivity index (χ1v) is 3.92. The highest BCUT2D eigenvalue weighted by molar-refractivity contribution is 5.91. The first-order valence-electron chi connectivity index (χ1n) is 3.92. The van der Waals surface area contributed by atoms with Gasteiger partial charge in [-0.05, 0) is 19.4 Å². The summed E-state index contributed by atoms with van der Waals surface area (Å²) in [7, 11) is 0. The lowest BCUT2D eigenvalue weighted by Crippen LogP contribution is -2.26. The third kappa shape index (κ3) is 0.736. The fraction of sp³-hybridized carbons (Fsp3) is 0.857. The zero-order chi connectivity index (χ0) is 6.97. The average molecular weight is 139 g/mol. The van der Waals surface area contributed by atoms with Gasteiger partial charge in [0.25, 0.3) is 0 Å². The van der Waals surface area contributed by atoms with Crippen LogP contribution < -0.4 is 5.84 Å². The predicted octanol–water partition coefficient (Wildman–Crippen LogP) is 0.169. The molecule has 2 rings (SSSR count). The van der Waals surface area contributed by atoms with Gasteiger partial charge >= 0.3 is 0 Å². The molecule has 0 aromatic rings.